The zero-order valence-corrected chi connectivity index (χ0v) is 11.5. The second-order valence-corrected chi connectivity index (χ2v) is 4.21. The van der Waals surface area contributed by atoms with E-state index >= 15 is 0 Å². The maximum Gasteiger partial charge on any atom is 0.145 e. The molecule has 4 heteroatoms. The topological polar surface area (TPSA) is 68.8 Å². The molecule has 1 N–H and O–H groups in total. The summed E-state index contributed by atoms with van der Waals surface area (Å²) in [7, 11) is 1.57. The largest absolute Gasteiger partial charge is 0.495 e. The Kier molecular flexibility index (Phi) is 4.58. The lowest BCUT2D eigenvalue weighted by Gasteiger charge is -2.10. The van der Waals surface area contributed by atoms with E-state index in [4.69, 9.17) is 15.3 Å². The Bertz CT molecular complexity index is 721. The highest BCUT2D eigenvalue weighted by Gasteiger charge is 2.05. The molecule has 0 aliphatic rings. The van der Waals surface area contributed by atoms with Gasteiger partial charge in [-0.2, -0.15) is 10.5 Å². The van der Waals surface area contributed by atoms with Crippen LogP contribution in [0.4, 0.5) is 5.69 Å². The number of hydrogen-bond acceptors (Lipinski definition) is 4. The fourth-order valence-electron chi connectivity index (χ4n) is 1.87. The second-order valence-electron chi connectivity index (χ2n) is 4.21. The van der Waals surface area contributed by atoms with Crippen LogP contribution in [0.25, 0.3) is 11.1 Å². The van der Waals surface area contributed by atoms with Gasteiger partial charge in [0, 0.05) is 6.20 Å². The number of nitrogens with one attached hydrogen (secondary N) is 1. The van der Waals surface area contributed by atoms with Crippen molar-refractivity contribution in [2.75, 3.05) is 12.4 Å². The Morgan fingerprint density at radius 2 is 1.76 bits per heavy atom. The van der Waals surface area contributed by atoms with Crippen LogP contribution in [-0.2, 0) is 0 Å². The summed E-state index contributed by atoms with van der Waals surface area (Å²) in [5.41, 5.74) is 2.79. The van der Waals surface area contributed by atoms with Crippen LogP contribution in [0.1, 0.15) is 0 Å². The number of benzene rings is 2. The first kappa shape index (κ1) is 14.2. The molecule has 0 unspecified atom stereocenters. The summed E-state index contributed by atoms with van der Waals surface area (Å²) in [6.07, 6.45) is 1.37. The monoisotopic (exact) mass is 275 g/mol. The van der Waals surface area contributed by atoms with Crippen molar-refractivity contribution in [2.24, 2.45) is 0 Å². The number of nitrogens with zero attached hydrogens (tertiary/aromatic N) is 2. The highest BCUT2D eigenvalue weighted by molar-refractivity contribution is 5.72. The van der Waals surface area contributed by atoms with E-state index in [2.05, 4.69) is 5.32 Å². The van der Waals surface area contributed by atoms with Gasteiger partial charge in [-0.1, -0.05) is 36.4 Å². The van der Waals surface area contributed by atoms with Gasteiger partial charge in [0.1, 0.15) is 23.5 Å². The Labute approximate surface area is 123 Å². The van der Waals surface area contributed by atoms with Crippen LogP contribution in [0, 0.1) is 22.7 Å². The molecule has 0 fully saturated rings. The SMILES string of the molecule is COc1ccc(-c2ccccc2)cc1NC=C(C#N)C#N. The van der Waals surface area contributed by atoms with Gasteiger partial charge in [0.2, 0.25) is 0 Å². The third-order valence-corrected chi connectivity index (χ3v) is 2.92. The smallest absolute Gasteiger partial charge is 0.145 e. The highest BCUT2D eigenvalue weighted by atomic mass is 16.5. The molecule has 0 amide bonds. The number of hydrogen-bond donors (Lipinski definition) is 1. The molecule has 0 bridgehead atoms. The lowest BCUT2D eigenvalue weighted by molar-refractivity contribution is 0.417. The molecule has 2 aromatic carbocycles. The molecular formula is C17H13N3O. The van der Waals surface area contributed by atoms with Gasteiger partial charge in [0.15, 0.2) is 0 Å². The number of anilines is 1. The van der Waals surface area contributed by atoms with Gasteiger partial charge in [-0.25, -0.2) is 0 Å². The van der Waals surface area contributed by atoms with Crippen LogP contribution in [0.15, 0.2) is 60.3 Å². The number of nitriles is 2. The molecule has 4 nitrogen and oxygen atoms in total. The number of ether oxygens (including phenoxy) is 1. The van der Waals surface area contributed by atoms with Crippen molar-refractivity contribution in [2.45, 2.75) is 0 Å². The standard InChI is InChI=1S/C17H13N3O/c1-21-17-8-7-15(14-5-3-2-4-6-14)9-16(17)20-12-13(10-18)11-19/h2-9,12,20H,1H3. The number of methoxy groups -OCH3 is 1. The minimum atomic E-state index is 0.00201. The summed E-state index contributed by atoms with van der Waals surface area (Å²) in [4.78, 5) is 0. The van der Waals surface area contributed by atoms with Gasteiger partial charge in [0.05, 0.1) is 12.8 Å². The molecule has 0 radical (unpaired) electrons. The molecular weight excluding hydrogens is 262 g/mol. The van der Waals surface area contributed by atoms with Crippen molar-refractivity contribution in [1.29, 1.82) is 10.5 Å². The molecule has 2 aromatic rings. The zero-order valence-electron chi connectivity index (χ0n) is 11.5. The number of rotatable bonds is 4. The molecule has 102 valence electrons. The molecule has 0 saturated carbocycles. The molecule has 0 heterocycles. The fraction of sp³-hybridized carbons (Fsp3) is 0.0588. The maximum atomic E-state index is 8.75. The van der Waals surface area contributed by atoms with Crippen molar-refractivity contribution >= 4 is 5.69 Å². The first-order valence-electron chi connectivity index (χ1n) is 6.29. The van der Waals surface area contributed by atoms with Crippen molar-refractivity contribution in [3.05, 3.63) is 60.3 Å². The lowest BCUT2D eigenvalue weighted by atomic mass is 10.0. The normalized spacial score (nSPS) is 9.10. The first-order chi connectivity index (χ1) is 10.3. The fourth-order valence-corrected chi connectivity index (χ4v) is 1.87. The zero-order chi connectivity index (χ0) is 15.1. The predicted molar refractivity (Wildman–Crippen MR) is 81.4 cm³/mol. The van der Waals surface area contributed by atoms with Crippen molar-refractivity contribution < 1.29 is 4.74 Å². The Morgan fingerprint density at radius 1 is 1.05 bits per heavy atom. The van der Waals surface area contributed by atoms with Crippen LogP contribution in [-0.4, -0.2) is 7.11 Å². The summed E-state index contributed by atoms with van der Waals surface area (Å²) in [6.45, 7) is 0. The summed E-state index contributed by atoms with van der Waals surface area (Å²) in [5, 5.41) is 20.4. The molecule has 0 aliphatic carbocycles. The molecule has 0 spiro atoms. The predicted octanol–water partition coefficient (Wildman–Crippen LogP) is 3.71. The van der Waals surface area contributed by atoms with E-state index in [1.54, 1.807) is 19.2 Å². The van der Waals surface area contributed by atoms with Crippen LogP contribution >= 0.6 is 0 Å². The molecule has 0 aliphatic heterocycles. The summed E-state index contributed by atoms with van der Waals surface area (Å²) >= 11 is 0. The van der Waals surface area contributed by atoms with Crippen molar-refractivity contribution in [3.63, 3.8) is 0 Å². The molecule has 21 heavy (non-hydrogen) atoms. The number of allylic oxidation sites excluding steroid dienone is 1. The minimum Gasteiger partial charge on any atom is -0.495 e. The van der Waals surface area contributed by atoms with Gasteiger partial charge in [-0.05, 0) is 23.3 Å². The van der Waals surface area contributed by atoms with Crippen LogP contribution in [0.2, 0.25) is 0 Å². The molecule has 0 aromatic heterocycles. The Hall–Kier alpha value is -3.24. The molecule has 2 rings (SSSR count). The van der Waals surface area contributed by atoms with Crippen molar-refractivity contribution in [1.82, 2.24) is 0 Å². The minimum absolute atomic E-state index is 0.00201. The quantitative estimate of drug-likeness (QED) is 0.864. The van der Waals surface area contributed by atoms with E-state index < -0.39 is 0 Å². The van der Waals surface area contributed by atoms with E-state index in [-0.39, 0.29) is 5.57 Å². The average Bonchev–Trinajstić information content (AvgIpc) is 2.56. The third-order valence-electron chi connectivity index (χ3n) is 2.92. The lowest BCUT2D eigenvalue weighted by Crippen LogP contribution is -1.95. The second kappa shape index (κ2) is 6.79. The van der Waals surface area contributed by atoms with E-state index in [1.807, 2.05) is 48.5 Å². The maximum absolute atomic E-state index is 8.75. The summed E-state index contributed by atoms with van der Waals surface area (Å²) in [5.74, 6) is 0.640. The van der Waals surface area contributed by atoms with Gasteiger partial charge in [0.25, 0.3) is 0 Å². The van der Waals surface area contributed by atoms with E-state index in [9.17, 15) is 0 Å². The van der Waals surface area contributed by atoms with E-state index in [0.717, 1.165) is 11.1 Å². The Morgan fingerprint density at radius 3 is 2.38 bits per heavy atom. The van der Waals surface area contributed by atoms with Crippen molar-refractivity contribution in [3.8, 4) is 29.0 Å². The first-order valence-corrected chi connectivity index (χ1v) is 6.29. The summed E-state index contributed by atoms with van der Waals surface area (Å²) in [6, 6.07) is 19.2. The van der Waals surface area contributed by atoms with E-state index in [1.165, 1.54) is 6.20 Å². The van der Waals surface area contributed by atoms with E-state index in [0.29, 0.717) is 11.4 Å². The summed E-state index contributed by atoms with van der Waals surface area (Å²) < 4.78 is 5.28. The van der Waals surface area contributed by atoms with Crippen LogP contribution in [0.5, 0.6) is 5.75 Å². The van der Waals surface area contributed by atoms with Gasteiger partial charge >= 0.3 is 0 Å². The van der Waals surface area contributed by atoms with Gasteiger partial charge in [-0.3, -0.25) is 0 Å². The highest BCUT2D eigenvalue weighted by Crippen LogP contribution is 2.30. The van der Waals surface area contributed by atoms with Crippen LogP contribution in [0.3, 0.4) is 0 Å². The van der Waals surface area contributed by atoms with Gasteiger partial charge in [-0.15, -0.1) is 0 Å². The third kappa shape index (κ3) is 3.40. The average molecular weight is 275 g/mol. The molecule has 0 atom stereocenters. The van der Waals surface area contributed by atoms with Crippen LogP contribution < -0.4 is 10.1 Å². The Balaban J connectivity index is 2.38. The molecule has 0 saturated heterocycles. The van der Waals surface area contributed by atoms with Gasteiger partial charge < -0.3 is 10.1 Å².